The number of nitrogens with one attached hydrogen (secondary N) is 1. The summed E-state index contributed by atoms with van der Waals surface area (Å²) in [6.07, 6.45) is 0. The lowest BCUT2D eigenvalue weighted by Crippen LogP contribution is -2.14. The molecular formula is C12H7Cl4NO3S. The van der Waals surface area contributed by atoms with Gasteiger partial charge in [-0.2, -0.15) is 0 Å². The van der Waals surface area contributed by atoms with Gasteiger partial charge in [0.1, 0.15) is 4.90 Å². The molecule has 2 rings (SSSR count). The first kappa shape index (κ1) is 16.5. The van der Waals surface area contributed by atoms with Crippen molar-refractivity contribution in [2.24, 2.45) is 0 Å². The minimum absolute atomic E-state index is 0.0222. The van der Waals surface area contributed by atoms with E-state index in [1.165, 1.54) is 30.3 Å². The summed E-state index contributed by atoms with van der Waals surface area (Å²) in [5.41, 5.74) is 0.0683. The molecule has 0 aliphatic heterocycles. The molecule has 0 spiro atoms. The van der Waals surface area contributed by atoms with Crippen LogP contribution in [0.1, 0.15) is 0 Å². The number of halogens is 4. The Morgan fingerprint density at radius 2 is 1.38 bits per heavy atom. The van der Waals surface area contributed by atoms with Crippen LogP contribution in [0.3, 0.4) is 0 Å². The average Bonchev–Trinajstić information content (AvgIpc) is 2.34. The Bertz CT molecular complexity index is 765. The largest absolute Gasteiger partial charge is 0.505 e. The van der Waals surface area contributed by atoms with Crippen LogP contribution in [-0.4, -0.2) is 13.5 Å². The molecule has 2 N–H and O–H groups in total. The van der Waals surface area contributed by atoms with Gasteiger partial charge in [0.25, 0.3) is 10.0 Å². The molecule has 0 atom stereocenters. The normalized spacial score (nSPS) is 11.4. The van der Waals surface area contributed by atoms with E-state index < -0.39 is 10.0 Å². The summed E-state index contributed by atoms with van der Waals surface area (Å²) in [7, 11) is -4.03. The predicted molar refractivity (Wildman–Crippen MR) is 85.4 cm³/mol. The fourth-order valence-electron chi connectivity index (χ4n) is 1.57. The minimum atomic E-state index is -4.03. The molecular weight excluding hydrogens is 380 g/mol. The topological polar surface area (TPSA) is 66.4 Å². The van der Waals surface area contributed by atoms with Crippen LogP contribution in [-0.2, 0) is 10.0 Å². The summed E-state index contributed by atoms with van der Waals surface area (Å²) in [4.78, 5) is -0.256. The maximum absolute atomic E-state index is 12.3. The third-order valence-corrected chi connectivity index (χ3v) is 5.37. The Labute approximate surface area is 141 Å². The van der Waals surface area contributed by atoms with Gasteiger partial charge in [-0.25, -0.2) is 8.42 Å². The summed E-state index contributed by atoms with van der Waals surface area (Å²) in [6, 6.07) is 6.76. The van der Waals surface area contributed by atoms with E-state index >= 15 is 0 Å². The lowest BCUT2D eigenvalue weighted by Gasteiger charge is -2.12. The molecule has 0 radical (unpaired) electrons. The molecule has 0 saturated carbocycles. The predicted octanol–water partition coefficient (Wildman–Crippen LogP) is 4.81. The Hall–Kier alpha value is -0.850. The third kappa shape index (κ3) is 3.49. The number of hydrogen-bond acceptors (Lipinski definition) is 3. The van der Waals surface area contributed by atoms with Crippen molar-refractivity contribution in [2.75, 3.05) is 4.72 Å². The molecule has 0 aliphatic carbocycles. The van der Waals surface area contributed by atoms with Gasteiger partial charge >= 0.3 is 0 Å². The number of phenolic OH excluding ortho intramolecular Hbond substituents is 1. The second-order valence-electron chi connectivity index (χ2n) is 3.94. The van der Waals surface area contributed by atoms with Gasteiger partial charge in [-0.1, -0.05) is 52.5 Å². The van der Waals surface area contributed by atoms with Gasteiger partial charge in [0.05, 0.1) is 25.8 Å². The molecule has 0 aliphatic rings. The summed E-state index contributed by atoms with van der Waals surface area (Å²) in [5, 5.41) is 9.22. The smallest absolute Gasteiger partial charge is 0.264 e. The lowest BCUT2D eigenvalue weighted by molar-refractivity contribution is 0.476. The van der Waals surface area contributed by atoms with Crippen molar-refractivity contribution >= 4 is 62.1 Å². The van der Waals surface area contributed by atoms with Gasteiger partial charge < -0.3 is 5.11 Å². The van der Waals surface area contributed by atoms with E-state index in [1.54, 1.807) is 0 Å². The summed E-state index contributed by atoms with van der Waals surface area (Å²) < 4.78 is 26.9. The summed E-state index contributed by atoms with van der Waals surface area (Å²) in [6.45, 7) is 0. The average molecular weight is 387 g/mol. The molecule has 0 heterocycles. The molecule has 21 heavy (non-hydrogen) atoms. The first-order chi connectivity index (χ1) is 9.72. The number of sulfonamides is 1. The maximum Gasteiger partial charge on any atom is 0.264 e. The lowest BCUT2D eigenvalue weighted by atomic mass is 10.3. The van der Waals surface area contributed by atoms with Crippen LogP contribution in [0.15, 0.2) is 35.2 Å². The zero-order valence-electron chi connectivity index (χ0n) is 10.1. The molecule has 112 valence electrons. The number of hydrogen-bond donors (Lipinski definition) is 2. The van der Waals surface area contributed by atoms with Crippen molar-refractivity contribution in [2.45, 2.75) is 4.90 Å². The van der Waals surface area contributed by atoms with Crippen LogP contribution in [0, 0.1) is 0 Å². The van der Waals surface area contributed by atoms with Crippen LogP contribution in [0.2, 0.25) is 20.1 Å². The molecule has 4 nitrogen and oxygen atoms in total. The Kier molecular flexibility index (Phi) is 4.80. The Morgan fingerprint density at radius 3 is 1.86 bits per heavy atom. The summed E-state index contributed by atoms with van der Waals surface area (Å²) in [5.74, 6) is -0.336. The second-order valence-corrected chi connectivity index (χ2v) is 7.19. The highest BCUT2D eigenvalue weighted by Crippen LogP contribution is 2.36. The van der Waals surface area contributed by atoms with E-state index in [-0.39, 0.29) is 36.4 Å². The van der Waals surface area contributed by atoms with Crippen molar-refractivity contribution in [3.05, 3.63) is 50.4 Å². The Morgan fingerprint density at radius 1 is 0.905 bits per heavy atom. The second kappa shape index (κ2) is 6.10. The van der Waals surface area contributed by atoms with E-state index in [0.29, 0.717) is 0 Å². The fraction of sp³-hybridized carbons (Fsp3) is 0. The molecule has 0 saturated heterocycles. The van der Waals surface area contributed by atoms with Crippen molar-refractivity contribution in [1.82, 2.24) is 0 Å². The van der Waals surface area contributed by atoms with Gasteiger partial charge in [-0.15, -0.1) is 0 Å². The monoisotopic (exact) mass is 385 g/mol. The standard InChI is InChI=1S/C12H7Cl4NO3S/c13-7-2-1-3-8(14)12(7)21(19,20)17-6-4-9(15)11(18)10(16)5-6/h1-5,17-18H. The molecule has 0 amide bonds. The summed E-state index contributed by atoms with van der Waals surface area (Å²) >= 11 is 23.2. The third-order valence-electron chi connectivity index (χ3n) is 2.46. The number of aromatic hydroxyl groups is 1. The van der Waals surface area contributed by atoms with E-state index in [4.69, 9.17) is 46.4 Å². The van der Waals surface area contributed by atoms with E-state index in [1.807, 2.05) is 0 Å². The SMILES string of the molecule is O=S(=O)(Nc1cc(Cl)c(O)c(Cl)c1)c1c(Cl)cccc1Cl. The number of anilines is 1. The molecule has 2 aromatic rings. The van der Waals surface area contributed by atoms with Crippen molar-refractivity contribution < 1.29 is 13.5 Å². The van der Waals surface area contributed by atoms with Crippen LogP contribution in [0.4, 0.5) is 5.69 Å². The zero-order chi connectivity index (χ0) is 15.8. The molecule has 2 aromatic carbocycles. The van der Waals surface area contributed by atoms with E-state index in [0.717, 1.165) is 0 Å². The first-order valence-electron chi connectivity index (χ1n) is 5.37. The van der Waals surface area contributed by atoms with Gasteiger partial charge in [-0.3, -0.25) is 4.72 Å². The van der Waals surface area contributed by atoms with E-state index in [9.17, 15) is 13.5 Å². The van der Waals surface area contributed by atoms with E-state index in [2.05, 4.69) is 4.72 Å². The minimum Gasteiger partial charge on any atom is -0.505 e. The maximum atomic E-state index is 12.3. The van der Waals surface area contributed by atoms with Gasteiger partial charge in [-0.05, 0) is 24.3 Å². The van der Waals surface area contributed by atoms with Crippen LogP contribution in [0.5, 0.6) is 5.75 Å². The van der Waals surface area contributed by atoms with Crippen molar-refractivity contribution in [3.63, 3.8) is 0 Å². The quantitative estimate of drug-likeness (QED) is 0.744. The number of phenols is 1. The highest BCUT2D eigenvalue weighted by atomic mass is 35.5. The molecule has 0 unspecified atom stereocenters. The molecule has 0 aromatic heterocycles. The van der Waals surface area contributed by atoms with Crippen LogP contribution in [0.25, 0.3) is 0 Å². The van der Waals surface area contributed by atoms with Gasteiger partial charge in [0.2, 0.25) is 0 Å². The first-order valence-corrected chi connectivity index (χ1v) is 8.36. The molecule has 9 heteroatoms. The zero-order valence-corrected chi connectivity index (χ0v) is 13.9. The highest BCUT2D eigenvalue weighted by molar-refractivity contribution is 7.93. The molecule has 0 bridgehead atoms. The van der Waals surface area contributed by atoms with Crippen LogP contribution >= 0.6 is 46.4 Å². The van der Waals surface area contributed by atoms with Gasteiger partial charge in [0, 0.05) is 0 Å². The van der Waals surface area contributed by atoms with Crippen molar-refractivity contribution in [3.8, 4) is 5.75 Å². The number of rotatable bonds is 3. The highest BCUT2D eigenvalue weighted by Gasteiger charge is 2.22. The number of benzene rings is 2. The van der Waals surface area contributed by atoms with Crippen LogP contribution < -0.4 is 4.72 Å². The molecule has 0 fully saturated rings. The Balaban J connectivity index is 2.48. The van der Waals surface area contributed by atoms with Crippen molar-refractivity contribution in [1.29, 1.82) is 0 Å². The fourth-order valence-corrected chi connectivity index (χ4v) is 4.24. The van der Waals surface area contributed by atoms with Gasteiger partial charge in [0.15, 0.2) is 5.75 Å².